The molecule has 17 heavy (non-hydrogen) atoms. The highest BCUT2D eigenvalue weighted by molar-refractivity contribution is 5.81. The fourth-order valence-electron chi connectivity index (χ4n) is 1.98. The van der Waals surface area contributed by atoms with Crippen molar-refractivity contribution in [2.24, 2.45) is 5.73 Å². The molecule has 3 rings (SSSR count). The lowest BCUT2D eigenvalue weighted by Crippen LogP contribution is -2.18. The second kappa shape index (κ2) is 3.04. The zero-order chi connectivity index (χ0) is 12.3. The van der Waals surface area contributed by atoms with Gasteiger partial charge in [0.2, 0.25) is 0 Å². The minimum absolute atomic E-state index is 0.350. The second-order valence-electron chi connectivity index (χ2n) is 4.64. The minimum atomic E-state index is -4.31. The fourth-order valence-corrected chi connectivity index (χ4v) is 1.98. The zero-order valence-electron chi connectivity index (χ0n) is 8.93. The summed E-state index contributed by atoms with van der Waals surface area (Å²) < 4.78 is 37.6. The number of fused-ring (bicyclic) bond motifs is 1. The molecule has 0 amide bonds. The van der Waals surface area contributed by atoms with E-state index in [1.165, 1.54) is 6.07 Å². The number of rotatable bonds is 1. The van der Waals surface area contributed by atoms with Gasteiger partial charge in [0.25, 0.3) is 0 Å². The van der Waals surface area contributed by atoms with Crippen molar-refractivity contribution < 1.29 is 13.2 Å². The number of nitrogens with one attached hydrogen (secondary N) is 1. The third-order valence-corrected chi connectivity index (χ3v) is 3.27. The molecule has 0 saturated heterocycles. The van der Waals surface area contributed by atoms with Gasteiger partial charge in [-0.15, -0.1) is 0 Å². The summed E-state index contributed by atoms with van der Waals surface area (Å²) in [4.78, 5) is 2.99. The number of halogens is 3. The summed E-state index contributed by atoms with van der Waals surface area (Å²) in [7, 11) is 0. The van der Waals surface area contributed by atoms with Crippen LogP contribution in [0.15, 0.2) is 24.3 Å². The highest BCUT2D eigenvalue weighted by Gasteiger charge is 2.41. The van der Waals surface area contributed by atoms with Crippen molar-refractivity contribution >= 4 is 10.9 Å². The molecule has 1 aromatic heterocycles. The first-order chi connectivity index (χ1) is 7.88. The van der Waals surface area contributed by atoms with Crippen LogP contribution in [0.3, 0.4) is 0 Å². The van der Waals surface area contributed by atoms with Crippen molar-refractivity contribution in [1.29, 1.82) is 0 Å². The largest absolute Gasteiger partial charge is 0.416 e. The Morgan fingerprint density at radius 2 is 1.88 bits per heavy atom. The maximum Gasteiger partial charge on any atom is 0.416 e. The lowest BCUT2D eigenvalue weighted by Gasteiger charge is -2.05. The maximum absolute atomic E-state index is 12.5. The van der Waals surface area contributed by atoms with Crippen LogP contribution in [0.5, 0.6) is 0 Å². The molecule has 1 aromatic carbocycles. The van der Waals surface area contributed by atoms with Gasteiger partial charge in [-0.3, -0.25) is 0 Å². The van der Waals surface area contributed by atoms with Gasteiger partial charge < -0.3 is 10.7 Å². The van der Waals surface area contributed by atoms with Gasteiger partial charge in [0.15, 0.2) is 0 Å². The molecule has 1 fully saturated rings. The molecule has 0 unspecified atom stereocenters. The summed E-state index contributed by atoms with van der Waals surface area (Å²) in [6.07, 6.45) is -2.54. The molecular formula is C12H11F3N2. The number of alkyl halides is 3. The average molecular weight is 240 g/mol. The number of aromatic amines is 1. The molecule has 0 aliphatic heterocycles. The molecule has 1 heterocycles. The van der Waals surface area contributed by atoms with E-state index in [-0.39, 0.29) is 5.54 Å². The highest BCUT2D eigenvalue weighted by Crippen LogP contribution is 2.43. The van der Waals surface area contributed by atoms with Gasteiger partial charge >= 0.3 is 6.18 Å². The molecule has 0 spiro atoms. The van der Waals surface area contributed by atoms with Crippen LogP contribution >= 0.6 is 0 Å². The van der Waals surface area contributed by atoms with Crippen molar-refractivity contribution in [3.8, 4) is 0 Å². The van der Waals surface area contributed by atoms with Gasteiger partial charge in [-0.1, -0.05) is 6.07 Å². The Hall–Kier alpha value is -1.49. The molecule has 2 nitrogen and oxygen atoms in total. The van der Waals surface area contributed by atoms with Gasteiger partial charge in [0, 0.05) is 11.2 Å². The molecule has 3 N–H and O–H groups in total. The number of benzene rings is 1. The molecule has 90 valence electrons. The van der Waals surface area contributed by atoms with E-state index in [9.17, 15) is 13.2 Å². The van der Waals surface area contributed by atoms with Crippen molar-refractivity contribution in [3.05, 3.63) is 35.5 Å². The molecule has 0 radical (unpaired) electrons. The van der Waals surface area contributed by atoms with Crippen LogP contribution < -0.4 is 5.73 Å². The molecular weight excluding hydrogens is 229 g/mol. The van der Waals surface area contributed by atoms with Gasteiger partial charge in [-0.25, -0.2) is 0 Å². The monoisotopic (exact) mass is 240 g/mol. The van der Waals surface area contributed by atoms with E-state index in [1.807, 2.05) is 6.07 Å². The number of nitrogens with two attached hydrogens (primary N) is 1. The molecule has 5 heteroatoms. The first-order valence-corrected chi connectivity index (χ1v) is 5.38. The van der Waals surface area contributed by atoms with E-state index in [2.05, 4.69) is 4.98 Å². The van der Waals surface area contributed by atoms with Gasteiger partial charge in [0.05, 0.1) is 11.1 Å². The first-order valence-electron chi connectivity index (χ1n) is 5.38. The van der Waals surface area contributed by atoms with E-state index >= 15 is 0 Å². The van der Waals surface area contributed by atoms with Crippen molar-refractivity contribution in [2.45, 2.75) is 24.6 Å². The predicted octanol–water partition coefficient (Wildman–Crippen LogP) is 3.13. The van der Waals surface area contributed by atoms with E-state index in [4.69, 9.17) is 5.73 Å². The second-order valence-corrected chi connectivity index (χ2v) is 4.64. The summed E-state index contributed by atoms with van der Waals surface area (Å²) in [6, 6.07) is 5.53. The molecule has 1 aliphatic rings. The quantitative estimate of drug-likeness (QED) is 0.790. The van der Waals surface area contributed by atoms with Crippen LogP contribution in [0.1, 0.15) is 24.1 Å². The summed E-state index contributed by atoms with van der Waals surface area (Å²) in [6.45, 7) is 0. The zero-order valence-corrected chi connectivity index (χ0v) is 8.93. The third-order valence-electron chi connectivity index (χ3n) is 3.27. The lowest BCUT2D eigenvalue weighted by molar-refractivity contribution is -0.137. The minimum Gasteiger partial charge on any atom is -0.357 e. The number of hydrogen-bond acceptors (Lipinski definition) is 1. The highest BCUT2D eigenvalue weighted by atomic mass is 19.4. The Bertz CT molecular complexity index is 576. The summed E-state index contributed by atoms with van der Waals surface area (Å²) >= 11 is 0. The van der Waals surface area contributed by atoms with Crippen LogP contribution in [0.4, 0.5) is 13.2 Å². The van der Waals surface area contributed by atoms with E-state index < -0.39 is 11.7 Å². The maximum atomic E-state index is 12.5. The first kappa shape index (κ1) is 10.7. The Balaban J connectivity index is 2.11. The molecule has 0 atom stereocenters. The number of hydrogen-bond donors (Lipinski definition) is 2. The molecule has 0 bridgehead atoms. The van der Waals surface area contributed by atoms with Crippen LogP contribution in [-0.2, 0) is 11.7 Å². The summed E-state index contributed by atoms with van der Waals surface area (Å²) in [5.74, 6) is 0. The lowest BCUT2D eigenvalue weighted by atomic mass is 10.1. The Kier molecular flexibility index (Phi) is 1.91. The van der Waals surface area contributed by atoms with Crippen molar-refractivity contribution in [3.63, 3.8) is 0 Å². The van der Waals surface area contributed by atoms with Crippen LogP contribution in [-0.4, -0.2) is 4.98 Å². The van der Waals surface area contributed by atoms with Gasteiger partial charge in [0.1, 0.15) is 0 Å². The van der Waals surface area contributed by atoms with E-state index in [1.54, 1.807) is 0 Å². The van der Waals surface area contributed by atoms with Crippen molar-refractivity contribution in [1.82, 2.24) is 4.98 Å². The Morgan fingerprint density at radius 3 is 2.47 bits per heavy atom. The normalized spacial score (nSPS) is 18.6. The fraction of sp³-hybridized carbons (Fsp3) is 0.333. The Morgan fingerprint density at radius 1 is 1.18 bits per heavy atom. The molecule has 2 aromatic rings. The van der Waals surface area contributed by atoms with E-state index in [0.717, 1.165) is 36.1 Å². The van der Waals surface area contributed by atoms with Gasteiger partial charge in [-0.05, 0) is 36.4 Å². The number of H-pyrrole nitrogens is 1. The SMILES string of the molecule is NC1(c2cc3ccc(C(F)(F)F)cc3[nH]2)CC1. The van der Waals surface area contributed by atoms with Crippen LogP contribution in [0.25, 0.3) is 10.9 Å². The summed E-state index contributed by atoms with van der Waals surface area (Å²) in [5.41, 5.74) is 6.33. The Labute approximate surface area is 95.6 Å². The third kappa shape index (κ3) is 1.70. The topological polar surface area (TPSA) is 41.8 Å². The molecule has 1 aliphatic carbocycles. The van der Waals surface area contributed by atoms with E-state index in [0.29, 0.717) is 5.52 Å². The standard InChI is InChI=1S/C12H11F3N2/c13-12(14,15)8-2-1-7-5-10(11(16)3-4-11)17-9(7)6-8/h1-2,5-6,17H,3-4,16H2. The van der Waals surface area contributed by atoms with Crippen molar-refractivity contribution in [2.75, 3.05) is 0 Å². The number of aromatic nitrogens is 1. The van der Waals surface area contributed by atoms with Gasteiger partial charge in [-0.2, -0.15) is 13.2 Å². The predicted molar refractivity (Wildman–Crippen MR) is 58.4 cm³/mol. The van der Waals surface area contributed by atoms with Crippen LogP contribution in [0, 0.1) is 0 Å². The molecule has 1 saturated carbocycles. The average Bonchev–Trinajstić information content (AvgIpc) is 2.85. The summed E-state index contributed by atoms with van der Waals surface area (Å²) in [5, 5.41) is 0.768. The smallest absolute Gasteiger partial charge is 0.357 e. The van der Waals surface area contributed by atoms with Crippen LogP contribution in [0.2, 0.25) is 0 Å².